The maximum atomic E-state index is 11.3. The van der Waals surface area contributed by atoms with Crippen molar-refractivity contribution in [2.24, 2.45) is 0 Å². The van der Waals surface area contributed by atoms with E-state index >= 15 is 0 Å². The summed E-state index contributed by atoms with van der Waals surface area (Å²) in [6.07, 6.45) is 4.30. The first-order chi connectivity index (χ1) is 19.0. The van der Waals surface area contributed by atoms with E-state index in [1.54, 1.807) is 18.2 Å². The van der Waals surface area contributed by atoms with E-state index < -0.39 is 5.97 Å². The third-order valence-electron chi connectivity index (χ3n) is 7.81. The number of aromatic carboxylic acids is 1. The number of benzene rings is 3. The second-order valence-corrected chi connectivity index (χ2v) is 10.9. The Morgan fingerprint density at radius 1 is 1.03 bits per heavy atom. The molecule has 200 valence electrons. The van der Waals surface area contributed by atoms with Crippen LogP contribution in [0.5, 0.6) is 0 Å². The van der Waals surface area contributed by atoms with Crippen molar-refractivity contribution in [2.75, 3.05) is 18.0 Å². The number of nitrogens with zero attached hydrogens (tertiary/aromatic N) is 2. The second-order valence-electron chi connectivity index (χ2n) is 10.5. The van der Waals surface area contributed by atoms with Crippen molar-refractivity contribution in [3.63, 3.8) is 0 Å². The number of carbonyl (C=O) groups is 1. The molecule has 4 aromatic rings. The lowest BCUT2D eigenvalue weighted by Crippen LogP contribution is -2.37. The fourth-order valence-electron chi connectivity index (χ4n) is 5.43. The van der Waals surface area contributed by atoms with E-state index in [0.29, 0.717) is 23.1 Å². The van der Waals surface area contributed by atoms with Crippen LogP contribution in [0.4, 0.5) is 5.69 Å². The fourth-order valence-corrected chi connectivity index (χ4v) is 5.75. The normalized spacial score (nSPS) is 16.0. The van der Waals surface area contributed by atoms with Crippen LogP contribution in [0.25, 0.3) is 22.4 Å². The number of carboxylic acids is 1. The Hall–Kier alpha value is -3.61. The standard InChI is InChI=1S/C32H31ClN2O4/c1-20-4-2-7-28(33)29(20)30-27(31(39-34-30)22-8-9-22)19-38-26-14-16-35(17-15-26)25-12-10-21(11-13-25)23-5-3-6-24(18-23)32(36)37/h2-7,10-13,18,22,26H,8-9,14-17,19H2,1H3,(H,36,37). The van der Waals surface area contributed by atoms with Gasteiger partial charge in [0, 0.05) is 35.8 Å². The van der Waals surface area contributed by atoms with E-state index in [1.807, 2.05) is 31.2 Å². The van der Waals surface area contributed by atoms with Crippen LogP contribution in [0.1, 0.15) is 58.8 Å². The molecule has 1 N–H and O–H groups in total. The number of anilines is 1. The average Bonchev–Trinajstić information content (AvgIpc) is 3.72. The zero-order valence-electron chi connectivity index (χ0n) is 21.9. The zero-order valence-corrected chi connectivity index (χ0v) is 22.7. The molecule has 0 atom stereocenters. The Morgan fingerprint density at radius 3 is 2.46 bits per heavy atom. The minimum atomic E-state index is -0.915. The van der Waals surface area contributed by atoms with E-state index in [9.17, 15) is 9.90 Å². The SMILES string of the molecule is Cc1cccc(Cl)c1-c1noc(C2CC2)c1COC1CCN(c2ccc(-c3cccc(C(=O)O)c3)cc2)CC1. The van der Waals surface area contributed by atoms with Gasteiger partial charge >= 0.3 is 5.97 Å². The Labute approximate surface area is 233 Å². The smallest absolute Gasteiger partial charge is 0.335 e. The molecule has 2 heterocycles. The molecule has 1 aromatic heterocycles. The lowest BCUT2D eigenvalue weighted by atomic mass is 10.00. The maximum Gasteiger partial charge on any atom is 0.335 e. The highest BCUT2D eigenvalue weighted by molar-refractivity contribution is 6.33. The number of ether oxygens (including phenoxy) is 1. The highest BCUT2D eigenvalue weighted by atomic mass is 35.5. The molecule has 6 rings (SSSR count). The van der Waals surface area contributed by atoms with Gasteiger partial charge in [-0.15, -0.1) is 0 Å². The van der Waals surface area contributed by atoms with Gasteiger partial charge in [-0.1, -0.05) is 53.2 Å². The number of hydrogen-bond donors (Lipinski definition) is 1. The lowest BCUT2D eigenvalue weighted by Gasteiger charge is -2.33. The topological polar surface area (TPSA) is 75.8 Å². The van der Waals surface area contributed by atoms with Crippen molar-refractivity contribution >= 4 is 23.3 Å². The molecule has 0 unspecified atom stereocenters. The van der Waals surface area contributed by atoms with Crippen molar-refractivity contribution in [2.45, 2.75) is 51.2 Å². The molecule has 0 radical (unpaired) electrons. The monoisotopic (exact) mass is 542 g/mol. The Morgan fingerprint density at radius 2 is 1.77 bits per heavy atom. The maximum absolute atomic E-state index is 11.3. The van der Waals surface area contributed by atoms with E-state index in [2.05, 4.69) is 34.3 Å². The summed E-state index contributed by atoms with van der Waals surface area (Å²) in [5.41, 5.74) is 7.23. The molecule has 2 fully saturated rings. The van der Waals surface area contributed by atoms with Gasteiger partial charge in [-0.05, 0) is 79.6 Å². The molecule has 1 aliphatic carbocycles. The first-order valence-corrected chi connectivity index (χ1v) is 13.9. The molecule has 1 aliphatic heterocycles. The number of hydrogen-bond acceptors (Lipinski definition) is 5. The summed E-state index contributed by atoms with van der Waals surface area (Å²) in [6, 6.07) is 21.3. The molecule has 3 aromatic carbocycles. The van der Waals surface area contributed by atoms with Gasteiger partial charge < -0.3 is 19.3 Å². The van der Waals surface area contributed by atoms with Gasteiger partial charge in [-0.25, -0.2) is 4.79 Å². The van der Waals surface area contributed by atoms with Crippen LogP contribution in [-0.4, -0.2) is 35.4 Å². The number of rotatable bonds is 8. The minimum absolute atomic E-state index is 0.168. The molecule has 0 spiro atoms. The first kappa shape index (κ1) is 25.7. The highest BCUT2D eigenvalue weighted by Crippen LogP contribution is 2.45. The third-order valence-corrected chi connectivity index (χ3v) is 8.12. The molecule has 6 nitrogen and oxygen atoms in total. The van der Waals surface area contributed by atoms with Crippen LogP contribution in [0, 0.1) is 6.92 Å². The summed E-state index contributed by atoms with van der Waals surface area (Å²) in [4.78, 5) is 13.7. The van der Waals surface area contributed by atoms with Gasteiger partial charge in [-0.2, -0.15) is 0 Å². The van der Waals surface area contributed by atoms with E-state index in [-0.39, 0.29) is 6.10 Å². The quantitative estimate of drug-likeness (QED) is 0.245. The third kappa shape index (κ3) is 5.45. The Kier molecular flexibility index (Phi) is 7.15. The highest BCUT2D eigenvalue weighted by Gasteiger charge is 2.34. The molecule has 7 heteroatoms. The molecule has 39 heavy (non-hydrogen) atoms. The molecule has 2 aliphatic rings. The first-order valence-electron chi connectivity index (χ1n) is 13.5. The van der Waals surface area contributed by atoms with Gasteiger partial charge in [0.25, 0.3) is 0 Å². The molecule has 1 saturated carbocycles. The van der Waals surface area contributed by atoms with Crippen LogP contribution in [0.15, 0.2) is 71.3 Å². The average molecular weight is 543 g/mol. The van der Waals surface area contributed by atoms with E-state index in [1.165, 1.54) is 0 Å². The molecular weight excluding hydrogens is 512 g/mol. The van der Waals surface area contributed by atoms with Crippen molar-refractivity contribution in [3.8, 4) is 22.4 Å². The zero-order chi connectivity index (χ0) is 26.9. The van der Waals surface area contributed by atoms with Crippen molar-refractivity contribution < 1.29 is 19.2 Å². The van der Waals surface area contributed by atoms with Crippen LogP contribution in [-0.2, 0) is 11.3 Å². The summed E-state index contributed by atoms with van der Waals surface area (Å²) < 4.78 is 12.3. The largest absolute Gasteiger partial charge is 0.478 e. The summed E-state index contributed by atoms with van der Waals surface area (Å²) in [6.45, 7) is 4.35. The molecule has 0 amide bonds. The van der Waals surface area contributed by atoms with Crippen molar-refractivity contribution in [3.05, 3.63) is 94.2 Å². The van der Waals surface area contributed by atoms with Crippen LogP contribution >= 0.6 is 11.6 Å². The van der Waals surface area contributed by atoms with Crippen LogP contribution in [0.2, 0.25) is 5.02 Å². The Bertz CT molecular complexity index is 1460. The van der Waals surface area contributed by atoms with Crippen molar-refractivity contribution in [1.29, 1.82) is 0 Å². The summed E-state index contributed by atoms with van der Waals surface area (Å²) >= 11 is 6.58. The summed E-state index contributed by atoms with van der Waals surface area (Å²) in [5, 5.41) is 14.4. The second kappa shape index (κ2) is 10.9. The molecule has 1 saturated heterocycles. The van der Waals surface area contributed by atoms with Gasteiger partial charge in [0.1, 0.15) is 11.5 Å². The summed E-state index contributed by atoms with van der Waals surface area (Å²) in [7, 11) is 0. The Balaban J connectivity index is 1.10. The van der Waals surface area contributed by atoms with E-state index in [0.717, 1.165) is 83.7 Å². The van der Waals surface area contributed by atoms with Crippen LogP contribution < -0.4 is 4.90 Å². The number of piperidine rings is 1. The van der Waals surface area contributed by atoms with Crippen LogP contribution in [0.3, 0.4) is 0 Å². The van der Waals surface area contributed by atoms with Gasteiger partial charge in [0.05, 0.1) is 23.3 Å². The number of aromatic nitrogens is 1. The van der Waals surface area contributed by atoms with Gasteiger partial charge in [0.15, 0.2) is 0 Å². The number of carboxylic acid groups (broad SMARTS) is 1. The predicted octanol–water partition coefficient (Wildman–Crippen LogP) is 7.73. The minimum Gasteiger partial charge on any atom is -0.478 e. The van der Waals surface area contributed by atoms with Gasteiger partial charge in [-0.3, -0.25) is 0 Å². The van der Waals surface area contributed by atoms with Gasteiger partial charge in [0.2, 0.25) is 0 Å². The summed E-state index contributed by atoms with van der Waals surface area (Å²) in [5.74, 6) is 0.473. The van der Waals surface area contributed by atoms with E-state index in [4.69, 9.17) is 20.9 Å². The molecular formula is C32H31ClN2O4. The molecule has 0 bridgehead atoms. The number of aryl methyl sites for hydroxylation is 1. The fraction of sp³-hybridized carbons (Fsp3) is 0.312. The number of halogens is 1. The van der Waals surface area contributed by atoms with Crippen molar-refractivity contribution in [1.82, 2.24) is 5.16 Å². The lowest BCUT2D eigenvalue weighted by molar-refractivity contribution is 0.0246. The predicted molar refractivity (Wildman–Crippen MR) is 153 cm³/mol.